The molecule has 10 heteroatoms. The van der Waals surface area contributed by atoms with E-state index in [1.54, 1.807) is 24.3 Å². The summed E-state index contributed by atoms with van der Waals surface area (Å²) in [5.74, 6) is -0.327. The highest BCUT2D eigenvalue weighted by Gasteiger charge is 2.39. The Labute approximate surface area is 192 Å². The fourth-order valence-electron chi connectivity index (χ4n) is 4.16. The standard InChI is InChI=1S/C24H18F4N2O3S/c25-18-7-9-19(10-8-18)34(31,32)30-12-2-5-21(30)23-29-20-14-16(6-11-22(20)33-23)15-3-1-4-17(13-15)24(26,27)28/h1,3-4,6-11,13-14,21H,2,5,12H2. The van der Waals surface area contributed by atoms with E-state index in [0.717, 1.165) is 24.3 Å². The minimum atomic E-state index is -4.46. The summed E-state index contributed by atoms with van der Waals surface area (Å²) in [7, 11) is -3.90. The van der Waals surface area contributed by atoms with Crippen molar-refractivity contribution in [3.63, 3.8) is 0 Å². The molecule has 0 aliphatic carbocycles. The van der Waals surface area contributed by atoms with E-state index < -0.39 is 33.6 Å². The van der Waals surface area contributed by atoms with Crippen LogP contribution in [-0.2, 0) is 16.2 Å². The fourth-order valence-corrected chi connectivity index (χ4v) is 5.81. The van der Waals surface area contributed by atoms with Crippen LogP contribution in [0.2, 0.25) is 0 Å². The number of fused-ring (bicyclic) bond motifs is 1. The molecule has 0 spiro atoms. The van der Waals surface area contributed by atoms with Gasteiger partial charge in [0.05, 0.1) is 10.5 Å². The summed E-state index contributed by atoms with van der Waals surface area (Å²) in [4.78, 5) is 4.44. The van der Waals surface area contributed by atoms with E-state index in [0.29, 0.717) is 35.1 Å². The first-order valence-electron chi connectivity index (χ1n) is 10.5. The van der Waals surface area contributed by atoms with Crippen LogP contribution in [-0.4, -0.2) is 24.3 Å². The zero-order valence-electron chi connectivity index (χ0n) is 17.6. The van der Waals surface area contributed by atoms with E-state index in [2.05, 4.69) is 4.98 Å². The van der Waals surface area contributed by atoms with Crippen molar-refractivity contribution < 1.29 is 30.4 Å². The topological polar surface area (TPSA) is 63.4 Å². The van der Waals surface area contributed by atoms with E-state index in [-0.39, 0.29) is 17.3 Å². The quantitative estimate of drug-likeness (QED) is 0.321. The molecule has 4 aromatic rings. The smallest absolute Gasteiger partial charge is 0.416 e. The Morgan fingerprint density at radius 2 is 1.71 bits per heavy atom. The van der Waals surface area contributed by atoms with Crippen LogP contribution >= 0.6 is 0 Å². The maximum atomic E-state index is 13.3. The average molecular weight is 490 g/mol. The lowest BCUT2D eigenvalue weighted by Gasteiger charge is -2.21. The summed E-state index contributed by atoms with van der Waals surface area (Å²) in [5.41, 5.74) is 0.967. The molecule has 34 heavy (non-hydrogen) atoms. The predicted molar refractivity (Wildman–Crippen MR) is 117 cm³/mol. The predicted octanol–water partition coefficient (Wildman–Crippen LogP) is 6.18. The zero-order chi connectivity index (χ0) is 24.1. The van der Waals surface area contributed by atoms with Crippen molar-refractivity contribution in [3.8, 4) is 11.1 Å². The third-order valence-electron chi connectivity index (χ3n) is 5.84. The normalized spacial score (nSPS) is 17.5. The van der Waals surface area contributed by atoms with Gasteiger partial charge in [-0.25, -0.2) is 17.8 Å². The summed E-state index contributed by atoms with van der Waals surface area (Å²) in [6.07, 6.45) is -3.36. The molecule has 1 atom stereocenters. The molecule has 2 heterocycles. The van der Waals surface area contributed by atoms with Crippen molar-refractivity contribution >= 4 is 21.1 Å². The molecule has 0 saturated carbocycles. The van der Waals surface area contributed by atoms with Crippen LogP contribution in [0.3, 0.4) is 0 Å². The Hall–Kier alpha value is -3.24. The van der Waals surface area contributed by atoms with E-state index in [1.807, 2.05) is 0 Å². The lowest BCUT2D eigenvalue weighted by atomic mass is 10.0. The van der Waals surface area contributed by atoms with Crippen molar-refractivity contribution in [2.45, 2.75) is 30.0 Å². The summed E-state index contributed by atoms with van der Waals surface area (Å²) < 4.78 is 85.9. The Morgan fingerprint density at radius 1 is 0.971 bits per heavy atom. The van der Waals surface area contributed by atoms with E-state index in [1.165, 1.54) is 22.5 Å². The molecular formula is C24H18F4N2O3S. The Balaban J connectivity index is 1.48. The minimum Gasteiger partial charge on any atom is -0.439 e. The third-order valence-corrected chi connectivity index (χ3v) is 7.76. The lowest BCUT2D eigenvalue weighted by molar-refractivity contribution is -0.137. The number of benzene rings is 3. The highest BCUT2D eigenvalue weighted by atomic mass is 32.2. The number of aromatic nitrogens is 1. The van der Waals surface area contributed by atoms with Crippen molar-refractivity contribution in [1.82, 2.24) is 9.29 Å². The summed E-state index contributed by atoms with van der Waals surface area (Å²) in [6.45, 7) is 0.262. The van der Waals surface area contributed by atoms with Gasteiger partial charge in [-0.15, -0.1) is 0 Å². The number of hydrogen-bond acceptors (Lipinski definition) is 4. The molecule has 0 bridgehead atoms. The molecule has 0 amide bonds. The molecule has 5 nitrogen and oxygen atoms in total. The molecule has 1 aromatic heterocycles. The van der Waals surface area contributed by atoms with Gasteiger partial charge in [-0.3, -0.25) is 0 Å². The molecular weight excluding hydrogens is 472 g/mol. The first-order valence-corrected chi connectivity index (χ1v) is 11.9. The van der Waals surface area contributed by atoms with Crippen molar-refractivity contribution in [1.29, 1.82) is 0 Å². The third kappa shape index (κ3) is 4.07. The second kappa shape index (κ2) is 8.21. The Bertz CT molecular complexity index is 1460. The van der Waals surface area contributed by atoms with Crippen LogP contribution in [0.25, 0.3) is 22.2 Å². The van der Waals surface area contributed by atoms with Gasteiger partial charge in [0.15, 0.2) is 5.58 Å². The van der Waals surface area contributed by atoms with Gasteiger partial charge in [0.2, 0.25) is 15.9 Å². The van der Waals surface area contributed by atoms with Crippen LogP contribution in [0, 0.1) is 5.82 Å². The molecule has 5 rings (SSSR count). The van der Waals surface area contributed by atoms with Crippen molar-refractivity contribution in [2.24, 2.45) is 0 Å². The highest BCUT2D eigenvalue weighted by molar-refractivity contribution is 7.89. The van der Waals surface area contributed by atoms with Gasteiger partial charge in [0, 0.05) is 6.54 Å². The fraction of sp³-hybridized carbons (Fsp3) is 0.208. The van der Waals surface area contributed by atoms with Crippen molar-refractivity contribution in [2.75, 3.05) is 6.54 Å². The number of rotatable bonds is 4. The number of sulfonamides is 1. The zero-order valence-corrected chi connectivity index (χ0v) is 18.4. The molecule has 0 radical (unpaired) electrons. The number of alkyl halides is 3. The summed E-state index contributed by atoms with van der Waals surface area (Å²) >= 11 is 0. The van der Waals surface area contributed by atoms with Gasteiger partial charge >= 0.3 is 6.18 Å². The number of oxazole rings is 1. The number of halogens is 4. The molecule has 176 valence electrons. The molecule has 1 aliphatic heterocycles. The maximum Gasteiger partial charge on any atom is 0.416 e. The van der Waals surface area contributed by atoms with Gasteiger partial charge in [-0.2, -0.15) is 17.5 Å². The van der Waals surface area contributed by atoms with Crippen LogP contribution in [0.15, 0.2) is 76.0 Å². The highest BCUT2D eigenvalue weighted by Crippen LogP contribution is 2.38. The molecule has 3 aromatic carbocycles. The van der Waals surface area contributed by atoms with Gasteiger partial charge in [-0.05, 0) is 72.5 Å². The first kappa shape index (κ1) is 22.5. The minimum absolute atomic E-state index is 0.0243. The summed E-state index contributed by atoms with van der Waals surface area (Å²) in [5, 5.41) is 0. The van der Waals surface area contributed by atoms with Gasteiger partial charge in [0.25, 0.3) is 0 Å². The molecule has 1 fully saturated rings. The van der Waals surface area contributed by atoms with Gasteiger partial charge < -0.3 is 4.42 Å². The van der Waals surface area contributed by atoms with Crippen molar-refractivity contribution in [3.05, 3.63) is 84.0 Å². The van der Waals surface area contributed by atoms with Crippen LogP contribution in [0.1, 0.15) is 30.3 Å². The molecule has 0 N–H and O–H groups in total. The van der Waals surface area contributed by atoms with E-state index in [9.17, 15) is 26.0 Å². The van der Waals surface area contributed by atoms with Crippen LogP contribution in [0.4, 0.5) is 17.6 Å². The van der Waals surface area contributed by atoms with Gasteiger partial charge in [-0.1, -0.05) is 18.2 Å². The Kier molecular flexibility index (Phi) is 5.44. The first-order chi connectivity index (χ1) is 16.1. The maximum absolute atomic E-state index is 13.3. The SMILES string of the molecule is O=S(=O)(c1ccc(F)cc1)N1CCCC1c1nc2cc(-c3cccc(C(F)(F)F)c3)ccc2o1. The largest absolute Gasteiger partial charge is 0.439 e. The second-order valence-corrected chi connectivity index (χ2v) is 9.93. The second-order valence-electron chi connectivity index (χ2n) is 8.04. The number of nitrogens with zero attached hydrogens (tertiary/aromatic N) is 2. The van der Waals surface area contributed by atoms with E-state index in [4.69, 9.17) is 4.42 Å². The van der Waals surface area contributed by atoms with Crippen LogP contribution < -0.4 is 0 Å². The average Bonchev–Trinajstić information content (AvgIpc) is 3.46. The Morgan fingerprint density at radius 3 is 2.44 bits per heavy atom. The molecule has 1 saturated heterocycles. The molecule has 1 unspecified atom stereocenters. The van der Waals surface area contributed by atoms with E-state index >= 15 is 0 Å². The molecule has 1 aliphatic rings. The monoisotopic (exact) mass is 490 g/mol. The summed E-state index contributed by atoms with van der Waals surface area (Å²) in [6, 6.07) is 13.8. The van der Waals surface area contributed by atoms with Crippen LogP contribution in [0.5, 0.6) is 0 Å². The number of hydrogen-bond donors (Lipinski definition) is 0. The lowest BCUT2D eigenvalue weighted by Crippen LogP contribution is -2.30. The van der Waals surface area contributed by atoms with Gasteiger partial charge in [0.1, 0.15) is 17.4 Å².